The smallest absolute Gasteiger partial charge is 0.270 e. The second kappa shape index (κ2) is 49.8. The van der Waals surface area contributed by atoms with Crippen molar-refractivity contribution in [3.8, 4) is 60.7 Å². The van der Waals surface area contributed by atoms with Crippen molar-refractivity contribution in [3.63, 3.8) is 0 Å². The quantitative estimate of drug-likeness (QED) is 0.0686. The zero-order valence-corrected chi connectivity index (χ0v) is 67.9. The molecule has 5 aromatic carbocycles. The number of fused-ring (bicyclic) bond motifs is 3. The van der Waals surface area contributed by atoms with E-state index in [2.05, 4.69) is 20.6 Å². The van der Waals surface area contributed by atoms with E-state index in [-0.39, 0.29) is 72.5 Å². The number of amides is 1. The van der Waals surface area contributed by atoms with Gasteiger partial charge < -0.3 is 0 Å². The number of nitrogens with zero attached hydrogens (tertiary/aromatic N) is 14. The van der Waals surface area contributed by atoms with Gasteiger partial charge in [-0.1, -0.05) is 189 Å². The Hall–Kier alpha value is -14.0. The largest absolute Gasteiger partial charge is 0.296 e. The Morgan fingerprint density at radius 2 is 0.786 bits per heavy atom. The normalized spacial score (nSPS) is 13.8. The van der Waals surface area contributed by atoms with Gasteiger partial charge in [-0.15, -0.1) is 0 Å². The number of ketones is 3. The number of Topliss-reactive ketones (excluding diaryl/α,β-unsaturated/α-hetero) is 3. The van der Waals surface area contributed by atoms with E-state index in [0.717, 1.165) is 50.5 Å². The highest BCUT2D eigenvalue weighted by molar-refractivity contribution is 8.26. The zero-order valence-electron chi connectivity index (χ0n) is 64.8. The minimum absolute atomic E-state index is 0.0116. The van der Waals surface area contributed by atoms with E-state index in [1.807, 2.05) is 159 Å². The lowest BCUT2D eigenvalue weighted by atomic mass is 9.99. The number of likely N-dealkylation sites (N-methyl/N-ethyl adjacent to an activating group) is 1. The summed E-state index contributed by atoms with van der Waals surface area (Å²) in [5.74, 6) is -3.07. The molecule has 1 heterocycles. The van der Waals surface area contributed by atoms with Crippen LogP contribution in [0.25, 0.3) is 42.4 Å². The highest BCUT2D eigenvalue weighted by Crippen LogP contribution is 2.45. The van der Waals surface area contributed by atoms with Crippen LogP contribution in [0.4, 0.5) is 8.78 Å². The number of thiocarbonyl (C=S) groups is 1. The number of carbonyl (C=O) groups is 4. The number of rotatable bonds is 2. The van der Waals surface area contributed by atoms with Crippen LogP contribution in [0.1, 0.15) is 177 Å². The molecule has 5 aromatic rings. The van der Waals surface area contributed by atoms with Crippen LogP contribution in [0.5, 0.6) is 0 Å². The average molecular weight is 1560 g/mol. The molecule has 1 fully saturated rings. The maximum absolute atomic E-state index is 13.4. The third-order valence-electron chi connectivity index (χ3n) is 15.0. The molecule has 18 nitrogen and oxygen atoms in total. The van der Waals surface area contributed by atoms with Crippen LogP contribution in [0.15, 0.2) is 205 Å². The van der Waals surface area contributed by atoms with Crippen LogP contribution in [0, 0.1) is 145 Å². The summed E-state index contributed by atoms with van der Waals surface area (Å²) in [6.45, 7) is 51.7. The predicted octanol–water partition coefficient (Wildman–Crippen LogP) is 23.0. The Morgan fingerprint density at radius 3 is 1.08 bits per heavy atom. The zero-order chi connectivity index (χ0) is 86.0. The number of carbonyl (C=O) groups excluding carboxylic acids is 4. The molecule has 0 atom stereocenters. The van der Waals surface area contributed by atoms with Crippen molar-refractivity contribution in [1.82, 2.24) is 4.90 Å². The molecule has 0 radical (unpaired) electrons. The standard InChI is InChI=1S/C15H8Cl2N2O.C15H8F2N2O.C15H10N2O.C11H8N2.C10H9N.2C6H6N2.C6H7NOS2.2C2H6/c2*1-7(2)13-14(12(6-18)19-3)8-4-10(16)11(17)5-9(8)15(13)20;1-9(2)13-14(12(8-16)17-3)10-6-4-5-7-11(10)15(13)18;1-9(7-12)11(8-13)10-5-3-2-4-6-10;1-2-9(8-11)10-6-4-3-5-7-10;1-5(3-7)6(2)4-8;1-5(2)6(3-7)4-8;1-3-4-5(8)7(2)6(9)10-4;2*1-2/h2*4-5H,1-2H3;4-7H,1-2H3;2-6H,1H3;2-7H,1H3;2*1-2H3;3H,1-2H3;2*1-2H3/b3*14-12-;11-9-;9-2+;6-5+;;4-3-;;. The van der Waals surface area contributed by atoms with E-state index < -0.39 is 17.4 Å². The molecule has 0 bridgehead atoms. The van der Waals surface area contributed by atoms with Gasteiger partial charge in [-0.2, -0.15) is 36.8 Å². The third kappa shape index (κ3) is 25.9. The summed E-state index contributed by atoms with van der Waals surface area (Å²) >= 11 is 18.2. The molecule has 0 unspecified atom stereocenters. The summed E-state index contributed by atoms with van der Waals surface area (Å²) < 4.78 is 27.3. The first-order valence-electron chi connectivity index (χ1n) is 33.3. The summed E-state index contributed by atoms with van der Waals surface area (Å²) in [5, 5.41) is 86.5. The van der Waals surface area contributed by atoms with E-state index in [0.29, 0.717) is 76.7 Å². The number of allylic oxidation sites excluding steroid dienone is 21. The van der Waals surface area contributed by atoms with Gasteiger partial charge >= 0.3 is 0 Å². The molecule has 4 aliphatic rings. The van der Waals surface area contributed by atoms with Gasteiger partial charge in [0.15, 0.2) is 29.0 Å². The van der Waals surface area contributed by atoms with Crippen LogP contribution >= 0.6 is 47.2 Å². The average Bonchev–Trinajstić information content (AvgIpc) is 1.61. The van der Waals surface area contributed by atoms with Gasteiger partial charge in [0.25, 0.3) is 23.0 Å². The monoisotopic (exact) mass is 1560 g/mol. The number of hydrogen-bond donors (Lipinski definition) is 0. The first-order valence-corrected chi connectivity index (χ1v) is 35.3. The molecule has 9 rings (SSSR count). The van der Waals surface area contributed by atoms with Gasteiger partial charge in [0.05, 0.1) is 88.3 Å². The lowest BCUT2D eigenvalue weighted by Gasteiger charge is -2.04. The van der Waals surface area contributed by atoms with Crippen LogP contribution in [-0.2, 0) is 4.79 Å². The summed E-state index contributed by atoms with van der Waals surface area (Å²) in [4.78, 5) is 59.8. The number of thioether (sulfide) groups is 1. The summed E-state index contributed by atoms with van der Waals surface area (Å²) in [6, 6.07) is 49.5. The second-order valence-corrected chi connectivity index (χ2v) is 25.3. The van der Waals surface area contributed by atoms with Crippen LogP contribution in [0.3, 0.4) is 0 Å². The number of nitriles is 10. The maximum Gasteiger partial charge on any atom is 0.270 e. The van der Waals surface area contributed by atoms with Crippen LogP contribution in [-0.4, -0.2) is 39.5 Å². The van der Waals surface area contributed by atoms with E-state index in [1.165, 1.54) is 28.8 Å². The molecule has 3 aliphatic carbocycles. The molecule has 1 saturated heterocycles. The summed E-state index contributed by atoms with van der Waals surface area (Å²) in [6.07, 6.45) is 3.60. The molecule has 0 spiro atoms. The van der Waals surface area contributed by atoms with Gasteiger partial charge in [-0.3, -0.25) is 24.1 Å². The SMILES string of the molecule is C/C(C#N)=C(/C)C#N.C/C(C#N)=C(\C#N)c1ccccc1.C/C=C(\C#N)c1ccccc1.C/C=C1\SC(=S)N(C)C1=O.CC.CC.CC(C)=C(C#N)C#N.[C-]#[N+]/C(C#N)=C1\C(=C(C)C)C(=O)c2cc(Cl)c(Cl)cc21.[C-]#[N+]/C(C#N)=C1\C(=C(C)C)C(=O)c2cc(F)c(F)cc21.[C-]#[N+]/C(C#N)=C1\C(=C(C)C)C(=O)c2ccccc21. The van der Waals surface area contributed by atoms with Gasteiger partial charge in [-0.05, 0) is 148 Å². The van der Waals surface area contributed by atoms with E-state index in [4.69, 9.17) is 108 Å². The Morgan fingerprint density at radius 1 is 0.446 bits per heavy atom. The van der Waals surface area contributed by atoms with E-state index in [9.17, 15) is 28.0 Å². The summed E-state index contributed by atoms with van der Waals surface area (Å²) in [5.41, 5.74) is 11.2. The number of halogens is 4. The fourth-order valence-electron chi connectivity index (χ4n) is 9.50. The van der Waals surface area contributed by atoms with Crippen molar-refractivity contribution >= 4 is 103 Å². The second-order valence-electron chi connectivity index (χ2n) is 22.9. The van der Waals surface area contributed by atoms with Gasteiger partial charge in [-0.25, -0.2) is 39.1 Å². The van der Waals surface area contributed by atoms with E-state index in [1.54, 1.807) is 118 Å². The lowest BCUT2D eigenvalue weighted by molar-refractivity contribution is -0.121. The Labute approximate surface area is 674 Å². The van der Waals surface area contributed by atoms with Crippen molar-refractivity contribution in [3.05, 3.63) is 305 Å². The molecular formula is C88H74Cl2F2N14O4S2. The topological polar surface area (TPSA) is 322 Å². The predicted molar refractivity (Wildman–Crippen MR) is 439 cm³/mol. The summed E-state index contributed by atoms with van der Waals surface area (Å²) in [7, 11) is 1.69. The van der Waals surface area contributed by atoms with Crippen molar-refractivity contribution < 1.29 is 28.0 Å². The van der Waals surface area contributed by atoms with Gasteiger partial charge in [0.1, 0.15) is 28.1 Å². The molecule has 112 heavy (non-hydrogen) atoms. The van der Waals surface area contributed by atoms with E-state index >= 15 is 0 Å². The van der Waals surface area contributed by atoms with Crippen molar-refractivity contribution in [2.24, 2.45) is 0 Å². The third-order valence-corrected chi connectivity index (χ3v) is 17.3. The molecule has 560 valence electrons. The van der Waals surface area contributed by atoms with Crippen LogP contribution in [0.2, 0.25) is 10.0 Å². The fraction of sp³-hybridized carbons (Fsp3) is 0.205. The molecule has 0 N–H and O–H groups in total. The van der Waals surface area contributed by atoms with Gasteiger partial charge in [0, 0.05) is 73.9 Å². The minimum Gasteiger partial charge on any atom is -0.296 e. The minimum atomic E-state index is -1.13. The first-order chi connectivity index (χ1) is 53.2. The highest BCUT2D eigenvalue weighted by atomic mass is 35.5. The molecule has 1 amide bonds. The van der Waals surface area contributed by atoms with Crippen molar-refractivity contribution in [2.45, 2.75) is 118 Å². The molecular weight excluding hydrogens is 1490 g/mol. The Balaban J connectivity index is 0.00000128. The maximum atomic E-state index is 13.4. The first kappa shape index (κ1) is 98.0. The number of benzene rings is 5. The van der Waals surface area contributed by atoms with Crippen molar-refractivity contribution in [2.75, 3.05) is 7.05 Å². The Bertz CT molecular complexity index is 5300. The molecule has 24 heteroatoms. The van der Waals surface area contributed by atoms with Crippen molar-refractivity contribution in [1.29, 1.82) is 52.6 Å². The highest BCUT2D eigenvalue weighted by Gasteiger charge is 2.37. The number of hydrogen-bond acceptors (Lipinski definition) is 16. The Kier molecular flexibility index (Phi) is 43.5. The van der Waals surface area contributed by atoms with Crippen LogP contribution < -0.4 is 0 Å². The fourth-order valence-corrected chi connectivity index (χ4v) is 10.9. The molecule has 0 saturated carbocycles. The lowest BCUT2D eigenvalue weighted by Crippen LogP contribution is -2.22. The van der Waals surface area contributed by atoms with Gasteiger partial charge in [0.2, 0.25) is 0 Å². The molecule has 1 aliphatic heterocycles. The molecule has 0 aromatic heterocycles.